The summed E-state index contributed by atoms with van der Waals surface area (Å²) >= 11 is 0. The number of ether oxygens (including phenoxy) is 1. The van der Waals surface area contributed by atoms with Gasteiger partial charge in [-0.15, -0.1) is 0 Å². The SMILES string of the molecule is O=C1CCCCCO1.[CH2]C(O)CC. The molecule has 1 heterocycles. The highest BCUT2D eigenvalue weighted by Gasteiger charge is 2.05. The van der Waals surface area contributed by atoms with Gasteiger partial charge in [0.05, 0.1) is 12.7 Å². The van der Waals surface area contributed by atoms with Crippen molar-refractivity contribution >= 4 is 5.97 Å². The van der Waals surface area contributed by atoms with Crippen molar-refractivity contribution in [3.63, 3.8) is 0 Å². The van der Waals surface area contributed by atoms with Crippen molar-refractivity contribution in [2.45, 2.75) is 45.1 Å². The summed E-state index contributed by atoms with van der Waals surface area (Å²) in [5.41, 5.74) is 0. The van der Waals surface area contributed by atoms with E-state index in [0.717, 1.165) is 25.7 Å². The highest BCUT2D eigenvalue weighted by molar-refractivity contribution is 5.69. The zero-order valence-electron chi connectivity index (χ0n) is 8.29. The van der Waals surface area contributed by atoms with E-state index in [4.69, 9.17) is 9.84 Å². The number of carbonyl (C=O) groups excluding carboxylic acids is 1. The lowest BCUT2D eigenvalue weighted by Gasteiger charge is -1.93. The summed E-state index contributed by atoms with van der Waals surface area (Å²) in [6.45, 7) is 5.84. The van der Waals surface area contributed by atoms with Gasteiger partial charge in [0.1, 0.15) is 0 Å². The van der Waals surface area contributed by atoms with Crippen LogP contribution in [-0.4, -0.2) is 23.8 Å². The predicted molar refractivity (Wildman–Crippen MR) is 51.1 cm³/mol. The van der Waals surface area contributed by atoms with Crippen molar-refractivity contribution in [3.05, 3.63) is 6.92 Å². The van der Waals surface area contributed by atoms with Crippen LogP contribution in [0.4, 0.5) is 0 Å². The summed E-state index contributed by atoms with van der Waals surface area (Å²) in [6, 6.07) is 0. The Morgan fingerprint density at radius 2 is 2.15 bits per heavy atom. The lowest BCUT2D eigenvalue weighted by Crippen LogP contribution is -2.00. The summed E-state index contributed by atoms with van der Waals surface area (Å²) in [6.07, 6.45) is 4.21. The Labute approximate surface area is 80.1 Å². The molecule has 1 radical (unpaired) electrons. The minimum absolute atomic E-state index is 0.0255. The average molecular weight is 187 g/mol. The monoisotopic (exact) mass is 187 g/mol. The molecule has 0 aromatic carbocycles. The van der Waals surface area contributed by atoms with Crippen LogP contribution >= 0.6 is 0 Å². The molecular weight excluding hydrogens is 168 g/mol. The number of esters is 1. The molecule has 1 unspecified atom stereocenters. The first-order valence-corrected chi connectivity index (χ1v) is 4.83. The lowest BCUT2D eigenvalue weighted by atomic mass is 10.2. The Kier molecular flexibility index (Phi) is 7.69. The highest BCUT2D eigenvalue weighted by Crippen LogP contribution is 2.06. The van der Waals surface area contributed by atoms with Crippen LogP contribution in [0.2, 0.25) is 0 Å². The third kappa shape index (κ3) is 9.34. The van der Waals surface area contributed by atoms with Crippen LogP contribution in [0.25, 0.3) is 0 Å². The summed E-state index contributed by atoms with van der Waals surface area (Å²) in [5, 5.41) is 8.25. The second-order valence-corrected chi connectivity index (χ2v) is 3.09. The van der Waals surface area contributed by atoms with E-state index in [1.807, 2.05) is 6.92 Å². The Balaban J connectivity index is 0.000000252. The summed E-state index contributed by atoms with van der Waals surface area (Å²) in [4.78, 5) is 10.5. The molecule has 13 heavy (non-hydrogen) atoms. The third-order valence-electron chi connectivity index (χ3n) is 1.76. The molecule has 0 amide bonds. The number of hydrogen-bond acceptors (Lipinski definition) is 3. The molecule has 0 bridgehead atoms. The van der Waals surface area contributed by atoms with E-state index in [2.05, 4.69) is 6.92 Å². The van der Waals surface area contributed by atoms with Gasteiger partial charge in [0, 0.05) is 6.42 Å². The second kappa shape index (κ2) is 8.05. The van der Waals surface area contributed by atoms with Gasteiger partial charge in [-0.1, -0.05) is 6.92 Å². The summed E-state index contributed by atoms with van der Waals surface area (Å²) in [5.74, 6) is -0.0255. The van der Waals surface area contributed by atoms with Crippen molar-refractivity contribution in [2.24, 2.45) is 0 Å². The van der Waals surface area contributed by atoms with Gasteiger partial charge >= 0.3 is 5.97 Å². The zero-order valence-corrected chi connectivity index (χ0v) is 8.29. The number of aliphatic hydroxyl groups is 1. The minimum Gasteiger partial charge on any atom is -0.466 e. The standard InChI is InChI=1S/C6H10O2.C4H9O/c7-6-4-2-1-3-5-8-6;1-3-4(2)5/h1-5H2;4-5H,2-3H2,1H3. The number of hydrogen-bond donors (Lipinski definition) is 1. The van der Waals surface area contributed by atoms with Gasteiger partial charge in [0.15, 0.2) is 0 Å². The second-order valence-electron chi connectivity index (χ2n) is 3.09. The minimum atomic E-state index is -0.366. The van der Waals surface area contributed by atoms with Crippen molar-refractivity contribution < 1.29 is 14.6 Å². The molecule has 1 aliphatic rings. The Bertz CT molecular complexity index is 122. The zero-order chi connectivity index (χ0) is 10.1. The topological polar surface area (TPSA) is 46.5 Å². The fourth-order valence-corrected chi connectivity index (χ4v) is 0.806. The molecule has 3 nitrogen and oxygen atoms in total. The molecule has 0 spiro atoms. The molecule has 77 valence electrons. The molecule has 1 N–H and O–H groups in total. The Hall–Kier alpha value is -0.570. The number of cyclic esters (lactones) is 1. The predicted octanol–water partition coefficient (Wildman–Crippen LogP) is 1.69. The average Bonchev–Trinajstić information content (AvgIpc) is 2.33. The van der Waals surface area contributed by atoms with Crippen LogP contribution in [0.3, 0.4) is 0 Å². The van der Waals surface area contributed by atoms with Crippen LogP contribution in [0.5, 0.6) is 0 Å². The third-order valence-corrected chi connectivity index (χ3v) is 1.76. The molecule has 1 aliphatic heterocycles. The lowest BCUT2D eigenvalue weighted by molar-refractivity contribution is -0.142. The van der Waals surface area contributed by atoms with Gasteiger partial charge in [-0.2, -0.15) is 0 Å². The fourth-order valence-electron chi connectivity index (χ4n) is 0.806. The van der Waals surface area contributed by atoms with Gasteiger partial charge in [-0.05, 0) is 32.6 Å². The van der Waals surface area contributed by atoms with E-state index in [1.54, 1.807) is 0 Å². The van der Waals surface area contributed by atoms with Crippen molar-refractivity contribution in [1.82, 2.24) is 0 Å². The number of rotatable bonds is 1. The molecule has 1 rings (SSSR count). The van der Waals surface area contributed by atoms with E-state index >= 15 is 0 Å². The first-order chi connectivity index (χ1) is 6.16. The van der Waals surface area contributed by atoms with Crippen LogP contribution in [-0.2, 0) is 9.53 Å². The molecule has 0 aromatic heterocycles. The molecular formula is C10H19O3. The highest BCUT2D eigenvalue weighted by atomic mass is 16.5. The molecule has 3 heteroatoms. The van der Waals surface area contributed by atoms with Crippen LogP contribution in [0.15, 0.2) is 0 Å². The van der Waals surface area contributed by atoms with Crippen molar-refractivity contribution in [3.8, 4) is 0 Å². The van der Waals surface area contributed by atoms with Crippen LogP contribution in [0, 0.1) is 6.92 Å². The maximum absolute atomic E-state index is 10.5. The van der Waals surface area contributed by atoms with Gasteiger partial charge in [0.2, 0.25) is 0 Å². The number of aliphatic hydroxyl groups excluding tert-OH is 1. The molecule has 0 saturated carbocycles. The maximum atomic E-state index is 10.5. The van der Waals surface area contributed by atoms with E-state index in [0.29, 0.717) is 13.0 Å². The van der Waals surface area contributed by atoms with Crippen LogP contribution in [0.1, 0.15) is 39.0 Å². The quantitative estimate of drug-likeness (QED) is 0.635. The molecule has 1 atom stereocenters. The molecule has 1 saturated heterocycles. The van der Waals surface area contributed by atoms with Gasteiger partial charge in [-0.3, -0.25) is 4.79 Å². The van der Waals surface area contributed by atoms with Gasteiger partial charge < -0.3 is 9.84 Å². The maximum Gasteiger partial charge on any atom is 0.305 e. The van der Waals surface area contributed by atoms with E-state index in [1.165, 1.54) is 0 Å². The first-order valence-electron chi connectivity index (χ1n) is 4.83. The fraction of sp³-hybridized carbons (Fsp3) is 0.800. The molecule has 0 aromatic rings. The Morgan fingerprint density at radius 1 is 1.54 bits per heavy atom. The summed E-state index contributed by atoms with van der Waals surface area (Å²) in [7, 11) is 0. The van der Waals surface area contributed by atoms with E-state index in [9.17, 15) is 4.79 Å². The van der Waals surface area contributed by atoms with Crippen LogP contribution < -0.4 is 0 Å². The number of carbonyl (C=O) groups is 1. The Morgan fingerprint density at radius 3 is 2.69 bits per heavy atom. The largest absolute Gasteiger partial charge is 0.466 e. The first kappa shape index (κ1) is 12.4. The van der Waals surface area contributed by atoms with Crippen molar-refractivity contribution in [1.29, 1.82) is 0 Å². The van der Waals surface area contributed by atoms with E-state index < -0.39 is 0 Å². The normalized spacial score (nSPS) is 19.2. The van der Waals surface area contributed by atoms with Gasteiger partial charge in [0.25, 0.3) is 0 Å². The van der Waals surface area contributed by atoms with E-state index in [-0.39, 0.29) is 12.1 Å². The molecule has 0 aliphatic carbocycles. The van der Waals surface area contributed by atoms with Gasteiger partial charge in [-0.25, -0.2) is 0 Å². The van der Waals surface area contributed by atoms with Crippen molar-refractivity contribution in [2.75, 3.05) is 6.61 Å². The summed E-state index contributed by atoms with van der Waals surface area (Å²) < 4.78 is 4.76. The smallest absolute Gasteiger partial charge is 0.305 e. The molecule has 1 fully saturated rings.